The molecule has 0 amide bonds. The van der Waals surface area contributed by atoms with Gasteiger partial charge in [0.25, 0.3) is 0 Å². The Balaban J connectivity index is 1.91. The number of thiophene rings is 1. The number of carbonyl (C=O) groups is 1. The van der Waals surface area contributed by atoms with Crippen LogP contribution in [0.4, 0.5) is 0 Å². The van der Waals surface area contributed by atoms with Crippen molar-refractivity contribution in [2.45, 2.75) is 6.54 Å². The second-order valence-corrected chi connectivity index (χ2v) is 5.97. The van der Waals surface area contributed by atoms with Gasteiger partial charge in [-0.25, -0.2) is 0 Å². The van der Waals surface area contributed by atoms with E-state index in [0.29, 0.717) is 6.54 Å². The molecule has 0 atom stereocenters. The number of ketones is 1. The SMILES string of the molecule is CN(CC(=O)c1ccccc1)Cc1ccc(Cl)s1. The van der Waals surface area contributed by atoms with Gasteiger partial charge in [-0.3, -0.25) is 9.69 Å². The number of benzene rings is 1. The van der Waals surface area contributed by atoms with Crippen molar-refractivity contribution in [1.82, 2.24) is 4.90 Å². The van der Waals surface area contributed by atoms with Gasteiger partial charge in [0, 0.05) is 17.0 Å². The fourth-order valence-electron chi connectivity index (χ4n) is 1.72. The molecule has 0 saturated carbocycles. The molecule has 1 aromatic carbocycles. The Morgan fingerprint density at radius 2 is 1.94 bits per heavy atom. The lowest BCUT2D eigenvalue weighted by atomic mass is 10.1. The van der Waals surface area contributed by atoms with Gasteiger partial charge in [0.2, 0.25) is 0 Å². The molecule has 2 rings (SSSR count). The summed E-state index contributed by atoms with van der Waals surface area (Å²) in [5.41, 5.74) is 0.758. The third-order valence-corrected chi connectivity index (χ3v) is 3.78. The van der Waals surface area contributed by atoms with E-state index in [-0.39, 0.29) is 5.78 Å². The molecule has 0 bridgehead atoms. The highest BCUT2D eigenvalue weighted by Gasteiger charge is 2.10. The minimum Gasteiger partial charge on any atom is -0.294 e. The number of hydrogen-bond donors (Lipinski definition) is 0. The minimum atomic E-state index is 0.140. The minimum absolute atomic E-state index is 0.140. The van der Waals surface area contributed by atoms with Crippen LogP contribution in [-0.2, 0) is 6.54 Å². The number of hydrogen-bond acceptors (Lipinski definition) is 3. The van der Waals surface area contributed by atoms with Crippen LogP contribution in [0, 0.1) is 0 Å². The van der Waals surface area contributed by atoms with Crippen LogP contribution < -0.4 is 0 Å². The molecule has 1 heterocycles. The predicted octanol–water partition coefficient (Wildman–Crippen LogP) is 3.72. The molecule has 0 aliphatic heterocycles. The van der Waals surface area contributed by atoms with Gasteiger partial charge in [0.1, 0.15) is 0 Å². The lowest BCUT2D eigenvalue weighted by molar-refractivity contribution is 0.0943. The van der Waals surface area contributed by atoms with Gasteiger partial charge >= 0.3 is 0 Å². The van der Waals surface area contributed by atoms with E-state index in [1.165, 1.54) is 4.88 Å². The molecule has 0 aliphatic rings. The molecule has 94 valence electrons. The summed E-state index contributed by atoms with van der Waals surface area (Å²) < 4.78 is 0.785. The zero-order chi connectivity index (χ0) is 13.0. The highest BCUT2D eigenvalue weighted by Crippen LogP contribution is 2.22. The van der Waals surface area contributed by atoms with E-state index in [1.54, 1.807) is 11.3 Å². The van der Waals surface area contributed by atoms with E-state index < -0.39 is 0 Å². The highest BCUT2D eigenvalue weighted by atomic mass is 35.5. The first-order valence-electron chi connectivity index (χ1n) is 5.66. The van der Waals surface area contributed by atoms with Crippen LogP contribution in [0.3, 0.4) is 0 Å². The van der Waals surface area contributed by atoms with E-state index in [0.717, 1.165) is 16.4 Å². The van der Waals surface area contributed by atoms with Crippen molar-refractivity contribution in [3.05, 3.63) is 57.2 Å². The van der Waals surface area contributed by atoms with Crippen LogP contribution in [0.1, 0.15) is 15.2 Å². The molecule has 2 aromatic rings. The van der Waals surface area contributed by atoms with Gasteiger partial charge in [0.05, 0.1) is 10.9 Å². The van der Waals surface area contributed by atoms with Crippen molar-refractivity contribution in [1.29, 1.82) is 0 Å². The molecular weight excluding hydrogens is 266 g/mol. The topological polar surface area (TPSA) is 20.3 Å². The van der Waals surface area contributed by atoms with Crippen molar-refractivity contribution in [2.24, 2.45) is 0 Å². The summed E-state index contributed by atoms with van der Waals surface area (Å²) in [7, 11) is 1.94. The first kappa shape index (κ1) is 13.3. The molecule has 0 radical (unpaired) electrons. The number of carbonyl (C=O) groups excluding carboxylic acids is 1. The molecule has 4 heteroatoms. The fraction of sp³-hybridized carbons (Fsp3) is 0.214. The zero-order valence-electron chi connectivity index (χ0n) is 10.1. The van der Waals surface area contributed by atoms with Crippen LogP contribution in [0.2, 0.25) is 4.34 Å². The summed E-state index contributed by atoms with van der Waals surface area (Å²) in [6.45, 7) is 1.16. The maximum absolute atomic E-state index is 12.0. The Bertz CT molecular complexity index is 524. The maximum Gasteiger partial charge on any atom is 0.176 e. The monoisotopic (exact) mass is 279 g/mol. The predicted molar refractivity (Wildman–Crippen MR) is 76.4 cm³/mol. The third kappa shape index (κ3) is 3.67. The van der Waals surface area contributed by atoms with E-state index in [9.17, 15) is 4.79 Å². The molecule has 0 spiro atoms. The van der Waals surface area contributed by atoms with Gasteiger partial charge < -0.3 is 0 Å². The van der Waals surface area contributed by atoms with E-state index >= 15 is 0 Å². The molecule has 0 aliphatic carbocycles. The normalized spacial score (nSPS) is 10.8. The molecule has 1 aromatic heterocycles. The zero-order valence-corrected chi connectivity index (χ0v) is 11.7. The molecule has 18 heavy (non-hydrogen) atoms. The van der Waals surface area contributed by atoms with Crippen molar-refractivity contribution >= 4 is 28.7 Å². The number of halogens is 1. The lowest BCUT2D eigenvalue weighted by Crippen LogP contribution is -2.25. The van der Waals surface area contributed by atoms with Gasteiger partial charge in [-0.15, -0.1) is 11.3 Å². The average molecular weight is 280 g/mol. The lowest BCUT2D eigenvalue weighted by Gasteiger charge is -2.14. The van der Waals surface area contributed by atoms with E-state index in [2.05, 4.69) is 0 Å². The van der Waals surface area contributed by atoms with Gasteiger partial charge in [-0.2, -0.15) is 0 Å². The number of likely N-dealkylation sites (N-methyl/N-ethyl adjacent to an activating group) is 1. The second kappa shape index (κ2) is 6.14. The summed E-state index contributed by atoms with van der Waals surface area (Å²) >= 11 is 7.43. The smallest absolute Gasteiger partial charge is 0.176 e. The molecule has 0 saturated heterocycles. The van der Waals surface area contributed by atoms with Gasteiger partial charge in [-0.05, 0) is 19.2 Å². The Hall–Kier alpha value is -1.16. The number of nitrogens with zero attached hydrogens (tertiary/aromatic N) is 1. The molecule has 0 unspecified atom stereocenters. The Morgan fingerprint density at radius 3 is 2.56 bits per heavy atom. The second-order valence-electron chi connectivity index (χ2n) is 4.17. The van der Waals surface area contributed by atoms with Crippen molar-refractivity contribution in [2.75, 3.05) is 13.6 Å². The maximum atomic E-state index is 12.0. The fourth-order valence-corrected chi connectivity index (χ4v) is 2.89. The van der Waals surface area contributed by atoms with Crippen molar-refractivity contribution < 1.29 is 4.79 Å². The Labute approximate surface area is 116 Å². The van der Waals surface area contributed by atoms with E-state index in [4.69, 9.17) is 11.6 Å². The molecule has 2 nitrogen and oxygen atoms in total. The standard InChI is InChI=1S/C14H14ClNOS/c1-16(9-12-7-8-14(15)18-12)10-13(17)11-5-3-2-4-6-11/h2-8H,9-10H2,1H3. The summed E-state index contributed by atoms with van der Waals surface area (Å²) in [4.78, 5) is 15.2. The van der Waals surface area contributed by atoms with Gasteiger partial charge in [-0.1, -0.05) is 41.9 Å². The summed E-state index contributed by atoms with van der Waals surface area (Å²) in [6.07, 6.45) is 0. The summed E-state index contributed by atoms with van der Waals surface area (Å²) in [6, 6.07) is 13.2. The van der Waals surface area contributed by atoms with Crippen LogP contribution in [0.15, 0.2) is 42.5 Å². The Kier molecular flexibility index (Phi) is 4.53. The third-order valence-electron chi connectivity index (χ3n) is 2.56. The highest BCUT2D eigenvalue weighted by molar-refractivity contribution is 7.16. The summed E-state index contributed by atoms with van der Waals surface area (Å²) in [5.74, 6) is 0.140. The van der Waals surface area contributed by atoms with E-state index in [1.807, 2.05) is 54.4 Å². The largest absolute Gasteiger partial charge is 0.294 e. The molecule has 0 N–H and O–H groups in total. The van der Waals surface area contributed by atoms with Crippen LogP contribution in [0.5, 0.6) is 0 Å². The van der Waals surface area contributed by atoms with Gasteiger partial charge in [0.15, 0.2) is 5.78 Å². The quantitative estimate of drug-likeness (QED) is 0.778. The molecular formula is C14H14ClNOS. The van der Waals surface area contributed by atoms with Crippen LogP contribution >= 0.6 is 22.9 Å². The van der Waals surface area contributed by atoms with Crippen LogP contribution in [0.25, 0.3) is 0 Å². The summed E-state index contributed by atoms with van der Waals surface area (Å²) in [5, 5.41) is 0. The average Bonchev–Trinajstić information content (AvgIpc) is 2.75. The van der Waals surface area contributed by atoms with Crippen LogP contribution in [-0.4, -0.2) is 24.3 Å². The Morgan fingerprint density at radius 1 is 1.22 bits per heavy atom. The molecule has 0 fully saturated rings. The first-order valence-corrected chi connectivity index (χ1v) is 6.85. The first-order chi connectivity index (χ1) is 8.65. The van der Waals surface area contributed by atoms with Crippen molar-refractivity contribution in [3.8, 4) is 0 Å². The van der Waals surface area contributed by atoms with Crippen molar-refractivity contribution in [3.63, 3.8) is 0 Å². The number of Topliss-reactive ketones (excluding diaryl/α,β-unsaturated/α-hetero) is 1. The number of rotatable bonds is 5.